The standard InChI is InChI=1S/C21H26Cl2N6O4/c1-3-27-6-8-28(9-7-27)20-24-18-17(19(31)25-21(32)26(18)2)29(20)11-14(30)12-33-16-5-4-13(22)10-15(16)23/h4-5,10,14,30H,3,6-9,11-12H2,1-2H3,(H,25,31,32)/t14-/m0/s1. The summed E-state index contributed by atoms with van der Waals surface area (Å²) in [6.45, 7) is 6.21. The third-order valence-corrected chi connectivity index (χ3v) is 6.34. The van der Waals surface area contributed by atoms with E-state index in [0.29, 0.717) is 21.7 Å². The second kappa shape index (κ2) is 9.76. The first-order chi connectivity index (χ1) is 15.8. The Hall–Kier alpha value is -2.53. The molecule has 0 spiro atoms. The Kier molecular flexibility index (Phi) is 6.99. The van der Waals surface area contributed by atoms with E-state index in [-0.39, 0.29) is 24.3 Å². The number of aromatic nitrogens is 4. The highest BCUT2D eigenvalue weighted by molar-refractivity contribution is 6.35. The second-order valence-electron chi connectivity index (χ2n) is 7.97. The van der Waals surface area contributed by atoms with Gasteiger partial charge in [0, 0.05) is 38.2 Å². The summed E-state index contributed by atoms with van der Waals surface area (Å²) in [6.07, 6.45) is -0.971. The quantitative estimate of drug-likeness (QED) is 0.507. The topological polar surface area (TPSA) is 109 Å². The minimum atomic E-state index is -0.971. The van der Waals surface area contributed by atoms with Crippen molar-refractivity contribution < 1.29 is 9.84 Å². The van der Waals surface area contributed by atoms with Gasteiger partial charge in [0.2, 0.25) is 5.95 Å². The minimum Gasteiger partial charge on any atom is -0.489 e. The summed E-state index contributed by atoms with van der Waals surface area (Å²) in [5.41, 5.74) is -0.590. The van der Waals surface area contributed by atoms with E-state index in [1.165, 1.54) is 4.57 Å². The van der Waals surface area contributed by atoms with Gasteiger partial charge >= 0.3 is 5.69 Å². The molecule has 178 valence electrons. The lowest BCUT2D eigenvalue weighted by Crippen LogP contribution is -2.47. The van der Waals surface area contributed by atoms with E-state index in [2.05, 4.69) is 26.7 Å². The number of H-pyrrole nitrogens is 1. The Bertz CT molecular complexity index is 1260. The number of anilines is 1. The number of fused-ring (bicyclic) bond motifs is 1. The molecule has 12 heteroatoms. The molecule has 0 bridgehead atoms. The van der Waals surface area contributed by atoms with Crippen molar-refractivity contribution in [1.82, 2.24) is 24.0 Å². The van der Waals surface area contributed by atoms with Crippen LogP contribution < -0.4 is 20.9 Å². The number of ether oxygens (including phenoxy) is 1. The summed E-state index contributed by atoms with van der Waals surface area (Å²) in [6, 6.07) is 4.83. The van der Waals surface area contributed by atoms with E-state index in [1.54, 1.807) is 29.8 Å². The molecule has 1 atom stereocenters. The van der Waals surface area contributed by atoms with E-state index >= 15 is 0 Å². The van der Waals surface area contributed by atoms with Crippen molar-refractivity contribution in [3.8, 4) is 5.75 Å². The van der Waals surface area contributed by atoms with Crippen LogP contribution in [0.25, 0.3) is 11.2 Å². The summed E-state index contributed by atoms with van der Waals surface area (Å²) in [4.78, 5) is 36.2. The lowest BCUT2D eigenvalue weighted by Gasteiger charge is -2.35. The van der Waals surface area contributed by atoms with Gasteiger partial charge in [-0.15, -0.1) is 0 Å². The van der Waals surface area contributed by atoms with Crippen LogP contribution in [0.5, 0.6) is 5.75 Å². The van der Waals surface area contributed by atoms with Crippen LogP contribution in [0.15, 0.2) is 27.8 Å². The molecule has 1 aliphatic heterocycles. The maximum Gasteiger partial charge on any atom is 0.329 e. The number of rotatable bonds is 7. The highest BCUT2D eigenvalue weighted by Crippen LogP contribution is 2.28. The van der Waals surface area contributed by atoms with Gasteiger partial charge in [0.25, 0.3) is 5.56 Å². The highest BCUT2D eigenvalue weighted by atomic mass is 35.5. The number of halogens is 2. The molecule has 33 heavy (non-hydrogen) atoms. The van der Waals surface area contributed by atoms with Crippen LogP contribution in [0.1, 0.15) is 6.92 Å². The summed E-state index contributed by atoms with van der Waals surface area (Å²) in [7, 11) is 1.55. The number of aromatic amines is 1. The molecule has 0 radical (unpaired) electrons. The fourth-order valence-electron chi connectivity index (χ4n) is 3.94. The van der Waals surface area contributed by atoms with Crippen LogP contribution in [0, 0.1) is 0 Å². The molecule has 3 aromatic rings. The average molecular weight is 497 g/mol. The predicted molar refractivity (Wildman–Crippen MR) is 128 cm³/mol. The van der Waals surface area contributed by atoms with Crippen molar-refractivity contribution in [1.29, 1.82) is 0 Å². The van der Waals surface area contributed by atoms with Crippen LogP contribution in [0.2, 0.25) is 10.0 Å². The van der Waals surface area contributed by atoms with E-state index in [9.17, 15) is 14.7 Å². The van der Waals surface area contributed by atoms with Crippen molar-refractivity contribution in [3.05, 3.63) is 49.1 Å². The predicted octanol–water partition coefficient (Wildman–Crippen LogP) is 1.31. The summed E-state index contributed by atoms with van der Waals surface area (Å²) in [5, 5.41) is 11.6. The molecule has 4 rings (SSSR count). The Morgan fingerprint density at radius 3 is 2.61 bits per heavy atom. The van der Waals surface area contributed by atoms with Crippen LogP contribution in [-0.2, 0) is 13.6 Å². The molecule has 1 saturated heterocycles. The third kappa shape index (κ3) is 4.89. The van der Waals surface area contributed by atoms with Gasteiger partial charge < -0.3 is 24.2 Å². The van der Waals surface area contributed by atoms with Gasteiger partial charge in [-0.05, 0) is 24.7 Å². The van der Waals surface area contributed by atoms with Crippen LogP contribution >= 0.6 is 23.2 Å². The molecule has 1 aromatic carbocycles. The lowest BCUT2D eigenvalue weighted by molar-refractivity contribution is 0.0936. The zero-order chi connectivity index (χ0) is 23.7. The fourth-order valence-corrected chi connectivity index (χ4v) is 4.41. The van der Waals surface area contributed by atoms with Gasteiger partial charge in [0.15, 0.2) is 11.2 Å². The van der Waals surface area contributed by atoms with E-state index in [4.69, 9.17) is 27.9 Å². The number of nitrogens with one attached hydrogen (secondary N) is 1. The Labute approximate surface area is 199 Å². The zero-order valence-electron chi connectivity index (χ0n) is 18.4. The third-order valence-electron chi connectivity index (χ3n) is 5.81. The molecule has 1 aliphatic rings. The van der Waals surface area contributed by atoms with Crippen LogP contribution in [0.3, 0.4) is 0 Å². The largest absolute Gasteiger partial charge is 0.489 e. The molecule has 0 saturated carbocycles. The average Bonchev–Trinajstić information content (AvgIpc) is 3.16. The molecular formula is C21H26Cl2N6O4. The Morgan fingerprint density at radius 2 is 1.94 bits per heavy atom. The smallest absolute Gasteiger partial charge is 0.329 e. The number of aliphatic hydroxyl groups is 1. The molecule has 2 aromatic heterocycles. The van der Waals surface area contributed by atoms with E-state index in [0.717, 1.165) is 32.7 Å². The van der Waals surface area contributed by atoms with E-state index in [1.807, 2.05) is 0 Å². The van der Waals surface area contributed by atoms with Gasteiger partial charge in [-0.1, -0.05) is 30.1 Å². The first-order valence-electron chi connectivity index (χ1n) is 10.7. The van der Waals surface area contributed by atoms with Crippen molar-refractivity contribution in [2.75, 3.05) is 44.2 Å². The zero-order valence-corrected chi connectivity index (χ0v) is 19.9. The fraction of sp³-hybridized carbons (Fsp3) is 0.476. The number of likely N-dealkylation sites (N-methyl/N-ethyl adjacent to an activating group) is 1. The Balaban J connectivity index is 1.64. The molecule has 1 fully saturated rings. The number of hydrogen-bond acceptors (Lipinski definition) is 7. The maximum absolute atomic E-state index is 12.7. The van der Waals surface area contributed by atoms with Gasteiger partial charge in [-0.3, -0.25) is 14.3 Å². The van der Waals surface area contributed by atoms with Crippen molar-refractivity contribution in [2.45, 2.75) is 19.6 Å². The number of piperazine rings is 1. The molecule has 0 amide bonds. The van der Waals surface area contributed by atoms with Gasteiger partial charge in [-0.2, -0.15) is 4.98 Å². The van der Waals surface area contributed by atoms with Crippen LogP contribution in [-0.4, -0.2) is 74.5 Å². The number of nitrogens with zero attached hydrogens (tertiary/aromatic N) is 5. The molecule has 0 unspecified atom stereocenters. The molecule has 10 nitrogen and oxygen atoms in total. The van der Waals surface area contributed by atoms with Gasteiger partial charge in [0.05, 0.1) is 11.6 Å². The first kappa shape index (κ1) is 23.6. The molecule has 2 N–H and O–H groups in total. The minimum absolute atomic E-state index is 0.0479. The maximum atomic E-state index is 12.7. The van der Waals surface area contributed by atoms with Crippen LogP contribution in [0.4, 0.5) is 5.95 Å². The first-order valence-corrected chi connectivity index (χ1v) is 11.5. The number of imidazole rings is 1. The summed E-state index contributed by atoms with van der Waals surface area (Å²) >= 11 is 12.1. The summed E-state index contributed by atoms with van der Waals surface area (Å²) < 4.78 is 8.63. The lowest BCUT2D eigenvalue weighted by atomic mass is 10.3. The monoisotopic (exact) mass is 496 g/mol. The van der Waals surface area contributed by atoms with Crippen molar-refractivity contribution in [2.24, 2.45) is 7.05 Å². The van der Waals surface area contributed by atoms with Crippen molar-refractivity contribution >= 4 is 40.3 Å². The number of benzene rings is 1. The number of hydrogen-bond donors (Lipinski definition) is 2. The number of aliphatic hydroxyl groups excluding tert-OH is 1. The SMILES string of the molecule is CCN1CCN(c2nc3c(c(=O)[nH]c(=O)n3C)n2C[C@H](O)COc2ccc(Cl)cc2Cl)CC1. The molecule has 3 heterocycles. The number of aryl methyl sites for hydroxylation is 1. The van der Waals surface area contributed by atoms with E-state index < -0.39 is 17.4 Å². The highest BCUT2D eigenvalue weighted by Gasteiger charge is 2.26. The van der Waals surface area contributed by atoms with Gasteiger partial charge in [0.1, 0.15) is 18.5 Å². The molecule has 0 aliphatic carbocycles. The summed E-state index contributed by atoms with van der Waals surface area (Å²) in [5.74, 6) is 0.933. The van der Waals surface area contributed by atoms with Crippen molar-refractivity contribution in [3.63, 3.8) is 0 Å². The Morgan fingerprint density at radius 1 is 1.21 bits per heavy atom. The normalized spacial score (nSPS) is 15.8. The van der Waals surface area contributed by atoms with Gasteiger partial charge in [-0.25, -0.2) is 4.79 Å². The second-order valence-corrected chi connectivity index (χ2v) is 8.82. The molecular weight excluding hydrogens is 471 g/mol.